The highest BCUT2D eigenvalue weighted by Gasteiger charge is 2.26. The summed E-state index contributed by atoms with van der Waals surface area (Å²) in [5.41, 5.74) is 7.33. The fraction of sp³-hybridized carbons (Fsp3) is 0. The molecule has 0 spiro atoms. The maximum atomic E-state index is 6.99. The van der Waals surface area contributed by atoms with Crippen LogP contribution in [-0.4, -0.2) is 19.5 Å². The van der Waals surface area contributed by atoms with Gasteiger partial charge in [-0.3, -0.25) is 0 Å². The molecule has 0 saturated heterocycles. The molecule has 0 radical (unpaired) electrons. The van der Waals surface area contributed by atoms with Gasteiger partial charge >= 0.3 is 0 Å². The lowest BCUT2D eigenvalue weighted by molar-refractivity contribution is 0.666. The van der Waals surface area contributed by atoms with Gasteiger partial charge in [0.1, 0.15) is 11.3 Å². The number of para-hydroxylation sites is 1. The van der Waals surface area contributed by atoms with Gasteiger partial charge in [-0.25, -0.2) is 15.0 Å². The van der Waals surface area contributed by atoms with Crippen LogP contribution in [0.5, 0.6) is 0 Å². The first-order chi connectivity index (χ1) is 29.7. The molecule has 0 unspecified atom stereocenters. The van der Waals surface area contributed by atoms with Gasteiger partial charge in [-0.1, -0.05) is 152 Å². The van der Waals surface area contributed by atoms with Crippen LogP contribution in [0.25, 0.3) is 127 Å². The highest BCUT2D eigenvalue weighted by molar-refractivity contribution is 6.24. The van der Waals surface area contributed by atoms with E-state index in [2.05, 4.69) is 168 Å². The predicted molar refractivity (Wildman–Crippen MR) is 248 cm³/mol. The fourth-order valence-electron chi connectivity index (χ4n) is 9.46. The molecule has 0 saturated carbocycles. The summed E-state index contributed by atoms with van der Waals surface area (Å²) in [5.74, 6) is 1.77. The lowest BCUT2D eigenvalue weighted by atomic mass is 9.97. The van der Waals surface area contributed by atoms with E-state index in [1.54, 1.807) is 0 Å². The Bertz CT molecular complexity index is 3900. The van der Waals surface area contributed by atoms with Crippen LogP contribution >= 0.6 is 0 Å². The van der Waals surface area contributed by atoms with Crippen molar-refractivity contribution in [1.29, 1.82) is 0 Å². The summed E-state index contributed by atoms with van der Waals surface area (Å²) in [5, 5.41) is 13.7. The molecule has 5 nitrogen and oxygen atoms in total. The molecule has 0 bridgehead atoms. The summed E-state index contributed by atoms with van der Waals surface area (Å²) in [6.07, 6.45) is 0. The van der Waals surface area contributed by atoms with Crippen molar-refractivity contribution in [3.05, 3.63) is 194 Å². The van der Waals surface area contributed by atoms with Crippen LogP contribution in [0.1, 0.15) is 0 Å². The fourth-order valence-corrected chi connectivity index (χ4v) is 9.46. The molecule has 0 amide bonds. The lowest BCUT2D eigenvalue weighted by Crippen LogP contribution is -2.04. The third kappa shape index (κ3) is 4.84. The van der Waals surface area contributed by atoms with Gasteiger partial charge in [0.2, 0.25) is 0 Å². The molecular weight excluding hydrogens is 733 g/mol. The van der Waals surface area contributed by atoms with Crippen LogP contribution < -0.4 is 0 Å². The Morgan fingerprint density at radius 3 is 1.78 bits per heavy atom. The van der Waals surface area contributed by atoms with E-state index < -0.39 is 0 Å². The van der Waals surface area contributed by atoms with Gasteiger partial charge in [0.05, 0.1) is 11.0 Å². The topological polar surface area (TPSA) is 56.7 Å². The number of fused-ring (bicyclic) bond motifs is 12. The van der Waals surface area contributed by atoms with E-state index in [9.17, 15) is 0 Å². The second-order valence-corrected chi connectivity index (χ2v) is 15.5. The molecule has 3 heterocycles. The number of rotatable bonds is 4. The molecule has 0 aliphatic rings. The summed E-state index contributed by atoms with van der Waals surface area (Å²) in [6, 6.07) is 68.5. The van der Waals surface area contributed by atoms with Crippen molar-refractivity contribution in [3.8, 4) is 39.9 Å². The average Bonchev–Trinajstić information content (AvgIpc) is 3.86. The van der Waals surface area contributed by atoms with Crippen LogP contribution in [0.4, 0.5) is 0 Å². The van der Waals surface area contributed by atoms with Crippen molar-refractivity contribution < 1.29 is 4.42 Å². The molecule has 13 aromatic rings. The zero-order chi connectivity index (χ0) is 39.3. The van der Waals surface area contributed by atoms with Crippen molar-refractivity contribution in [2.24, 2.45) is 0 Å². The van der Waals surface area contributed by atoms with E-state index in [0.29, 0.717) is 17.5 Å². The molecule has 0 atom stereocenters. The summed E-state index contributed by atoms with van der Waals surface area (Å²) in [7, 11) is 0. The minimum atomic E-state index is 0.560. The average molecular weight is 765 g/mol. The first-order valence-corrected chi connectivity index (χ1v) is 20.3. The van der Waals surface area contributed by atoms with Crippen LogP contribution in [0.3, 0.4) is 0 Å². The Morgan fingerprint density at radius 1 is 0.350 bits per heavy atom. The van der Waals surface area contributed by atoms with E-state index >= 15 is 0 Å². The molecule has 13 rings (SSSR count). The quantitative estimate of drug-likeness (QED) is 0.167. The van der Waals surface area contributed by atoms with E-state index in [-0.39, 0.29) is 0 Å². The predicted octanol–water partition coefficient (Wildman–Crippen LogP) is 14.5. The van der Waals surface area contributed by atoms with Gasteiger partial charge in [0.25, 0.3) is 0 Å². The van der Waals surface area contributed by atoms with Crippen molar-refractivity contribution in [2.75, 3.05) is 0 Å². The Kier molecular flexibility index (Phi) is 6.95. The van der Waals surface area contributed by atoms with Crippen LogP contribution in [-0.2, 0) is 0 Å². The Balaban J connectivity index is 1.20. The van der Waals surface area contributed by atoms with E-state index in [4.69, 9.17) is 19.4 Å². The van der Waals surface area contributed by atoms with Crippen molar-refractivity contribution >= 4 is 86.8 Å². The van der Waals surface area contributed by atoms with Gasteiger partial charge in [-0.15, -0.1) is 0 Å². The van der Waals surface area contributed by atoms with E-state index in [1.807, 2.05) is 30.3 Å². The summed E-state index contributed by atoms with van der Waals surface area (Å²) in [6.45, 7) is 0. The zero-order valence-corrected chi connectivity index (χ0v) is 32.2. The number of nitrogens with zero attached hydrogens (tertiary/aromatic N) is 4. The smallest absolute Gasteiger partial charge is 0.166 e. The Hall–Kier alpha value is -8.15. The zero-order valence-electron chi connectivity index (χ0n) is 32.2. The summed E-state index contributed by atoms with van der Waals surface area (Å²) >= 11 is 0. The van der Waals surface area contributed by atoms with Crippen LogP contribution in [0.2, 0.25) is 0 Å². The highest BCUT2D eigenvalue weighted by atomic mass is 16.3. The molecule has 0 aliphatic carbocycles. The van der Waals surface area contributed by atoms with Gasteiger partial charge in [-0.2, -0.15) is 0 Å². The largest absolute Gasteiger partial charge is 0.454 e. The van der Waals surface area contributed by atoms with E-state index in [0.717, 1.165) is 76.9 Å². The van der Waals surface area contributed by atoms with Gasteiger partial charge in [0, 0.05) is 38.2 Å². The second kappa shape index (κ2) is 12.7. The third-order valence-electron chi connectivity index (χ3n) is 12.2. The molecule has 278 valence electrons. The molecule has 3 aromatic heterocycles. The number of benzene rings is 10. The summed E-state index contributed by atoms with van der Waals surface area (Å²) in [4.78, 5) is 16.1. The molecule has 5 heteroatoms. The van der Waals surface area contributed by atoms with Crippen molar-refractivity contribution in [2.45, 2.75) is 0 Å². The molecular formula is C55H32N4O. The first kappa shape index (κ1) is 32.9. The molecule has 0 fully saturated rings. The molecule has 60 heavy (non-hydrogen) atoms. The standard InChI is InChI=1S/C55H32N4O/c1-2-15-34(16-3-1)53-56-54(58-55(57-53)45-31-37-19-7-8-20-38(37)40-22-10-11-23-41(40)45)44-28-27-43-42-24-12-13-25-49(42)60-52(43)51(44)59-47-29-26-33-14-6-9-21-39(33)50(47)46-30-35-17-4-5-18-36(35)32-48(46)59/h1-32H. The van der Waals surface area contributed by atoms with Gasteiger partial charge in [-0.05, 0) is 85.6 Å². The second-order valence-electron chi connectivity index (χ2n) is 15.5. The molecule has 0 aliphatic heterocycles. The summed E-state index contributed by atoms with van der Waals surface area (Å²) < 4.78 is 9.38. The SMILES string of the molecule is c1ccc(-c2nc(-c3ccc4c(oc5ccccc54)c3-n3c4cc5ccccc5cc4c4c5ccccc5ccc43)nc(-c3cc4ccccc4c4ccccc34)n2)cc1. The number of hydrogen-bond donors (Lipinski definition) is 0. The minimum Gasteiger partial charge on any atom is -0.454 e. The third-order valence-corrected chi connectivity index (χ3v) is 12.2. The molecule has 0 N–H and O–H groups in total. The highest BCUT2D eigenvalue weighted by Crippen LogP contribution is 2.45. The normalized spacial score (nSPS) is 12.0. The van der Waals surface area contributed by atoms with Gasteiger partial charge in [0.15, 0.2) is 23.1 Å². The Morgan fingerprint density at radius 2 is 0.967 bits per heavy atom. The van der Waals surface area contributed by atoms with Crippen molar-refractivity contribution in [3.63, 3.8) is 0 Å². The number of hydrogen-bond acceptors (Lipinski definition) is 4. The van der Waals surface area contributed by atoms with Crippen LogP contribution in [0.15, 0.2) is 199 Å². The Labute approximate surface area is 343 Å². The first-order valence-electron chi connectivity index (χ1n) is 20.3. The monoisotopic (exact) mass is 764 g/mol. The maximum absolute atomic E-state index is 6.99. The van der Waals surface area contributed by atoms with E-state index in [1.165, 1.54) is 32.3 Å². The van der Waals surface area contributed by atoms with Crippen LogP contribution in [0, 0.1) is 0 Å². The number of furan rings is 1. The van der Waals surface area contributed by atoms with Crippen molar-refractivity contribution in [1.82, 2.24) is 19.5 Å². The lowest BCUT2D eigenvalue weighted by Gasteiger charge is -2.16. The minimum absolute atomic E-state index is 0.560. The molecule has 10 aromatic carbocycles. The number of aromatic nitrogens is 4. The van der Waals surface area contributed by atoms with Gasteiger partial charge < -0.3 is 8.98 Å². The maximum Gasteiger partial charge on any atom is 0.166 e.